The molecule has 0 amide bonds. The van der Waals surface area contributed by atoms with E-state index >= 15 is 0 Å². The fourth-order valence-corrected chi connectivity index (χ4v) is 0. The summed E-state index contributed by atoms with van der Waals surface area (Å²) in [7, 11) is 0. The van der Waals surface area contributed by atoms with Crippen LogP contribution >= 0.6 is 0 Å². The van der Waals surface area contributed by atoms with Crippen LogP contribution < -0.4 is 47.4 Å². The van der Waals surface area contributed by atoms with Crippen molar-refractivity contribution in [3.8, 4) is 0 Å². The van der Waals surface area contributed by atoms with Gasteiger partial charge in [0.25, 0.3) is 0 Å². The van der Waals surface area contributed by atoms with Gasteiger partial charge in [-0.2, -0.15) is 0 Å². The summed E-state index contributed by atoms with van der Waals surface area (Å²) >= 11 is 1.06. The van der Waals surface area contributed by atoms with Crippen molar-refractivity contribution in [3.05, 3.63) is 0 Å². The van der Waals surface area contributed by atoms with Gasteiger partial charge in [-0.1, -0.05) is 0 Å². The van der Waals surface area contributed by atoms with Crippen molar-refractivity contribution >= 4 is 11.9 Å². The van der Waals surface area contributed by atoms with E-state index in [1.54, 1.807) is 0 Å². The van der Waals surface area contributed by atoms with E-state index < -0.39 is 11.9 Å². The standard InChI is InChI=1S/C2H2O4.3ClH.O.2V/c3-1(4)2(5)6;;;;;;/h(H,3,4)(H,5,6);3*1H;;;/q;;;;;;+2/p-5. The molecule has 0 unspecified atom stereocenters. The number of rotatable bonds is 0. The van der Waals surface area contributed by atoms with Crippen molar-refractivity contribution in [1.82, 2.24) is 0 Å². The van der Waals surface area contributed by atoms with Gasteiger partial charge in [0.1, 0.15) is 0 Å². The number of carbonyl (C=O) groups excluding carboxylic acids is 2. The second-order valence-corrected chi connectivity index (χ2v) is 0.575. The molecular formula is C2Cl3O5V2-3. The summed E-state index contributed by atoms with van der Waals surface area (Å²) in [5, 5.41) is 17.9. The molecule has 0 N–H and O–H groups in total. The Labute approximate surface area is 108 Å². The average molecular weight is 312 g/mol. The maximum Gasteiger partial charge on any atom is 0 e. The largest absolute Gasteiger partial charge is 0 e. The Morgan fingerprint density at radius 3 is 0.917 bits per heavy atom. The van der Waals surface area contributed by atoms with E-state index in [4.69, 9.17) is 23.5 Å². The van der Waals surface area contributed by atoms with E-state index in [9.17, 15) is 0 Å². The maximum atomic E-state index is 8.93. The van der Waals surface area contributed by atoms with E-state index in [0.717, 1.165) is 17.4 Å². The zero-order chi connectivity index (χ0) is 7.15. The molecule has 0 aromatic rings. The molecular weight excluding hydrogens is 312 g/mol. The predicted octanol–water partition coefficient (Wildman–Crippen LogP) is -12.6. The van der Waals surface area contributed by atoms with Gasteiger partial charge in [0, 0.05) is 18.6 Å². The molecule has 0 heterocycles. The molecule has 0 rings (SSSR count). The van der Waals surface area contributed by atoms with Crippen LogP contribution in [0.2, 0.25) is 0 Å². The van der Waals surface area contributed by atoms with Gasteiger partial charge >= 0.3 is 21.0 Å². The quantitative estimate of drug-likeness (QED) is 0.414. The number of hydrogen-bond acceptors (Lipinski definition) is 5. The molecule has 0 saturated carbocycles. The smallest absolute Gasteiger partial charge is 0 e. The fraction of sp³-hybridized carbons (Fsp3) is 0. The molecule has 10 heteroatoms. The van der Waals surface area contributed by atoms with Gasteiger partial charge in [0.05, 0.1) is 11.9 Å². The van der Waals surface area contributed by atoms with Crippen LogP contribution in [0.25, 0.3) is 0 Å². The van der Waals surface area contributed by atoms with Crippen molar-refractivity contribution < 1.29 is 96.6 Å². The summed E-state index contributed by atoms with van der Waals surface area (Å²) in [5.74, 6) is -4.37. The SMILES string of the molecule is O=C([O-])C(=O)[O-].[Cl-].[Cl-].[Cl-].[O]=[V+2].[V]. The number of carbonyl (C=O) groups is 2. The third-order valence-corrected chi connectivity index (χ3v) is 0.167. The third-order valence-electron chi connectivity index (χ3n) is 0.167. The molecule has 72 valence electrons. The van der Waals surface area contributed by atoms with Crippen LogP contribution in [-0.2, 0) is 49.2 Å². The first-order chi connectivity index (χ1) is 3.64. The molecule has 0 bridgehead atoms. The molecule has 0 aliphatic heterocycles. The van der Waals surface area contributed by atoms with Gasteiger partial charge in [-0.25, -0.2) is 0 Å². The number of aliphatic carboxylic acids is 2. The Bertz CT molecular complexity index is 98.9. The van der Waals surface area contributed by atoms with E-state index in [-0.39, 0.29) is 55.8 Å². The summed E-state index contributed by atoms with van der Waals surface area (Å²) in [5.41, 5.74) is 0. The first-order valence-corrected chi connectivity index (χ1v) is 1.82. The van der Waals surface area contributed by atoms with Gasteiger partial charge in [-0.05, 0) is 0 Å². The molecule has 12 heavy (non-hydrogen) atoms. The fourth-order valence-electron chi connectivity index (χ4n) is 0. The molecule has 1 radical (unpaired) electrons. The van der Waals surface area contributed by atoms with Gasteiger partial charge < -0.3 is 57.0 Å². The normalized spacial score (nSPS) is 4.17. The van der Waals surface area contributed by atoms with Crippen LogP contribution in [0.3, 0.4) is 0 Å². The third kappa shape index (κ3) is 45.1. The Morgan fingerprint density at radius 1 is 0.833 bits per heavy atom. The first kappa shape index (κ1) is 38.6. The molecule has 0 atom stereocenters. The number of carboxylic acids is 2. The molecule has 0 aliphatic carbocycles. The maximum absolute atomic E-state index is 8.93. The number of hydrogen-bond donors (Lipinski definition) is 0. The molecule has 0 aromatic heterocycles. The summed E-state index contributed by atoms with van der Waals surface area (Å²) in [6, 6.07) is 0. The van der Waals surface area contributed by atoms with Crippen LogP contribution in [0.1, 0.15) is 0 Å². The Hall–Kier alpha value is 0.779. The van der Waals surface area contributed by atoms with E-state index in [2.05, 4.69) is 0 Å². The monoisotopic (exact) mass is 311 g/mol. The zero-order valence-corrected chi connectivity index (χ0v) is 10.1. The van der Waals surface area contributed by atoms with Crippen molar-refractivity contribution in [1.29, 1.82) is 0 Å². The van der Waals surface area contributed by atoms with E-state index in [1.807, 2.05) is 0 Å². The van der Waals surface area contributed by atoms with Crippen LogP contribution in [0, 0.1) is 0 Å². The second-order valence-electron chi connectivity index (χ2n) is 0.575. The van der Waals surface area contributed by atoms with E-state index in [0.29, 0.717) is 0 Å². The Balaban J connectivity index is -0.0000000140. The Morgan fingerprint density at radius 2 is 0.917 bits per heavy atom. The molecule has 0 fully saturated rings. The molecule has 0 spiro atoms. The average Bonchev–Trinajstić information content (AvgIpc) is 1.72. The van der Waals surface area contributed by atoms with Crippen LogP contribution in [-0.4, -0.2) is 11.9 Å². The van der Waals surface area contributed by atoms with Gasteiger partial charge in [0.15, 0.2) is 0 Å². The second kappa shape index (κ2) is 29.8. The first-order valence-electron chi connectivity index (χ1n) is 1.25. The van der Waals surface area contributed by atoms with Crippen LogP contribution in [0.15, 0.2) is 0 Å². The predicted molar refractivity (Wildman–Crippen MR) is 10.7 cm³/mol. The minimum atomic E-state index is -2.19. The molecule has 0 aromatic carbocycles. The van der Waals surface area contributed by atoms with Gasteiger partial charge in [-0.15, -0.1) is 0 Å². The van der Waals surface area contributed by atoms with Gasteiger partial charge in [-0.3, -0.25) is 0 Å². The summed E-state index contributed by atoms with van der Waals surface area (Å²) in [6.45, 7) is 0. The summed E-state index contributed by atoms with van der Waals surface area (Å²) < 4.78 is 8.19. The van der Waals surface area contributed by atoms with Crippen LogP contribution in [0.5, 0.6) is 0 Å². The van der Waals surface area contributed by atoms with Crippen molar-refractivity contribution in [3.63, 3.8) is 0 Å². The van der Waals surface area contributed by atoms with Crippen molar-refractivity contribution in [2.45, 2.75) is 0 Å². The molecule has 0 aliphatic rings. The molecule has 0 saturated heterocycles. The number of halogens is 3. The minimum Gasteiger partial charge on any atom is 0 e. The molecule has 5 nitrogen and oxygen atoms in total. The summed E-state index contributed by atoms with van der Waals surface area (Å²) in [6.07, 6.45) is 0. The van der Waals surface area contributed by atoms with Crippen molar-refractivity contribution in [2.24, 2.45) is 0 Å². The minimum absolute atomic E-state index is 0. The van der Waals surface area contributed by atoms with Crippen molar-refractivity contribution in [2.75, 3.05) is 0 Å². The summed E-state index contributed by atoms with van der Waals surface area (Å²) in [4.78, 5) is 17.9. The zero-order valence-electron chi connectivity index (χ0n) is 5.07. The topological polar surface area (TPSA) is 97.3 Å². The van der Waals surface area contributed by atoms with E-state index in [1.165, 1.54) is 0 Å². The number of carboxylic acid groups (broad SMARTS) is 2. The Kier molecular flexibility index (Phi) is 95.8. The van der Waals surface area contributed by atoms with Crippen LogP contribution in [0.4, 0.5) is 0 Å². The van der Waals surface area contributed by atoms with Gasteiger partial charge in [0.2, 0.25) is 0 Å².